The number of aromatic nitrogens is 3. The van der Waals surface area contributed by atoms with Crippen molar-refractivity contribution in [3.05, 3.63) is 12.2 Å². The smallest absolute Gasteiger partial charge is 0.138 e. The first kappa shape index (κ1) is 13.5. The standard InChI is InChI=1S/C14H26N4/c1-3-11-5-7-12(8-6-11)13(15)9-14-16-10-17-18(14)4-2/h10-13H,3-9,15H2,1-2H3. The molecule has 4 heteroatoms. The summed E-state index contributed by atoms with van der Waals surface area (Å²) >= 11 is 0. The third-order valence-electron chi connectivity index (χ3n) is 4.49. The van der Waals surface area contributed by atoms with E-state index in [2.05, 4.69) is 23.9 Å². The predicted octanol–water partition coefficient (Wildman–Crippen LogP) is 2.38. The van der Waals surface area contributed by atoms with Crippen molar-refractivity contribution >= 4 is 0 Å². The van der Waals surface area contributed by atoms with Crippen molar-refractivity contribution in [2.45, 2.75) is 65.0 Å². The van der Waals surface area contributed by atoms with Crippen LogP contribution < -0.4 is 5.73 Å². The molecule has 4 nitrogen and oxygen atoms in total. The quantitative estimate of drug-likeness (QED) is 0.873. The Morgan fingerprint density at radius 1 is 1.33 bits per heavy atom. The van der Waals surface area contributed by atoms with Crippen molar-refractivity contribution in [3.63, 3.8) is 0 Å². The highest BCUT2D eigenvalue weighted by Crippen LogP contribution is 2.32. The van der Waals surface area contributed by atoms with Crippen LogP contribution >= 0.6 is 0 Å². The molecule has 1 aliphatic rings. The molecule has 2 N–H and O–H groups in total. The van der Waals surface area contributed by atoms with Crippen LogP contribution in [0.3, 0.4) is 0 Å². The lowest BCUT2D eigenvalue weighted by molar-refractivity contribution is 0.236. The summed E-state index contributed by atoms with van der Waals surface area (Å²) in [7, 11) is 0. The van der Waals surface area contributed by atoms with Crippen LogP contribution in [0.1, 0.15) is 51.8 Å². The van der Waals surface area contributed by atoms with Crippen molar-refractivity contribution < 1.29 is 0 Å². The molecular weight excluding hydrogens is 224 g/mol. The lowest BCUT2D eigenvalue weighted by Gasteiger charge is -2.31. The van der Waals surface area contributed by atoms with Crippen LogP contribution in [0.4, 0.5) is 0 Å². The Morgan fingerprint density at radius 2 is 2.06 bits per heavy atom. The van der Waals surface area contributed by atoms with Crippen molar-refractivity contribution in [1.82, 2.24) is 14.8 Å². The average molecular weight is 250 g/mol. The fourth-order valence-corrected chi connectivity index (χ4v) is 3.11. The van der Waals surface area contributed by atoms with Crippen LogP contribution in [0.15, 0.2) is 6.33 Å². The number of hydrogen-bond donors (Lipinski definition) is 1. The maximum absolute atomic E-state index is 6.37. The Bertz CT molecular complexity index is 352. The molecule has 1 fully saturated rings. The van der Waals surface area contributed by atoms with Gasteiger partial charge in [-0.25, -0.2) is 4.98 Å². The predicted molar refractivity (Wildman–Crippen MR) is 73.1 cm³/mol. The third kappa shape index (κ3) is 3.10. The van der Waals surface area contributed by atoms with E-state index in [0.29, 0.717) is 5.92 Å². The molecule has 2 rings (SSSR count). The highest BCUT2D eigenvalue weighted by molar-refractivity contribution is 4.92. The zero-order chi connectivity index (χ0) is 13.0. The Labute approximate surface area is 110 Å². The van der Waals surface area contributed by atoms with Crippen LogP contribution in [0.25, 0.3) is 0 Å². The Balaban J connectivity index is 1.87. The summed E-state index contributed by atoms with van der Waals surface area (Å²) in [4.78, 5) is 4.32. The molecule has 18 heavy (non-hydrogen) atoms. The van der Waals surface area contributed by atoms with Gasteiger partial charge in [0.05, 0.1) is 0 Å². The Morgan fingerprint density at radius 3 is 2.67 bits per heavy atom. The summed E-state index contributed by atoms with van der Waals surface area (Å²) in [6, 6.07) is 0.248. The molecule has 1 aromatic heterocycles. The van der Waals surface area contributed by atoms with Crippen LogP contribution in [0, 0.1) is 11.8 Å². The van der Waals surface area contributed by atoms with Gasteiger partial charge in [0.1, 0.15) is 12.2 Å². The van der Waals surface area contributed by atoms with Gasteiger partial charge in [-0.1, -0.05) is 26.2 Å². The fraction of sp³-hybridized carbons (Fsp3) is 0.857. The van der Waals surface area contributed by atoms with E-state index in [9.17, 15) is 0 Å². The lowest BCUT2D eigenvalue weighted by atomic mass is 9.77. The van der Waals surface area contributed by atoms with Crippen LogP contribution in [0.5, 0.6) is 0 Å². The second kappa shape index (κ2) is 6.32. The van der Waals surface area contributed by atoms with E-state index in [1.807, 2.05) is 4.68 Å². The molecule has 0 bridgehead atoms. The van der Waals surface area contributed by atoms with Gasteiger partial charge >= 0.3 is 0 Å². The molecule has 1 aliphatic carbocycles. The molecule has 1 aromatic rings. The first-order valence-corrected chi connectivity index (χ1v) is 7.36. The summed E-state index contributed by atoms with van der Waals surface area (Å²) in [5.74, 6) is 2.66. The monoisotopic (exact) mass is 250 g/mol. The van der Waals surface area contributed by atoms with Gasteiger partial charge < -0.3 is 5.73 Å². The van der Waals surface area contributed by atoms with E-state index in [-0.39, 0.29) is 6.04 Å². The van der Waals surface area contributed by atoms with Crippen molar-refractivity contribution in [1.29, 1.82) is 0 Å². The molecule has 0 spiro atoms. The number of hydrogen-bond acceptors (Lipinski definition) is 3. The molecule has 1 heterocycles. The van der Waals surface area contributed by atoms with E-state index in [1.54, 1.807) is 6.33 Å². The van der Waals surface area contributed by atoms with Gasteiger partial charge in [-0.15, -0.1) is 0 Å². The summed E-state index contributed by atoms with van der Waals surface area (Å²) in [6.45, 7) is 5.27. The summed E-state index contributed by atoms with van der Waals surface area (Å²) in [5, 5.41) is 4.21. The maximum atomic E-state index is 6.37. The number of nitrogens with two attached hydrogens (primary N) is 1. The van der Waals surface area contributed by atoms with Crippen molar-refractivity contribution in [2.24, 2.45) is 17.6 Å². The second-order valence-electron chi connectivity index (χ2n) is 5.55. The minimum atomic E-state index is 0.248. The van der Waals surface area contributed by atoms with E-state index in [1.165, 1.54) is 32.1 Å². The average Bonchev–Trinajstić information content (AvgIpc) is 2.86. The molecule has 0 saturated heterocycles. The summed E-state index contributed by atoms with van der Waals surface area (Å²) in [6.07, 6.45) is 9.13. The van der Waals surface area contributed by atoms with Crippen molar-refractivity contribution in [2.75, 3.05) is 0 Å². The Kier molecular flexibility index (Phi) is 4.75. The van der Waals surface area contributed by atoms with Gasteiger partial charge in [0, 0.05) is 19.0 Å². The van der Waals surface area contributed by atoms with Crippen LogP contribution in [-0.4, -0.2) is 20.8 Å². The molecule has 0 aliphatic heterocycles. The van der Waals surface area contributed by atoms with Gasteiger partial charge in [-0.2, -0.15) is 5.10 Å². The summed E-state index contributed by atoms with van der Waals surface area (Å²) < 4.78 is 1.96. The minimum Gasteiger partial charge on any atom is -0.327 e. The van der Waals surface area contributed by atoms with E-state index in [0.717, 1.165) is 24.7 Å². The van der Waals surface area contributed by atoms with Gasteiger partial charge in [-0.3, -0.25) is 4.68 Å². The molecule has 0 amide bonds. The zero-order valence-corrected chi connectivity index (χ0v) is 11.7. The fourth-order valence-electron chi connectivity index (χ4n) is 3.11. The Hall–Kier alpha value is -0.900. The van der Waals surface area contributed by atoms with Gasteiger partial charge in [-0.05, 0) is 31.6 Å². The van der Waals surface area contributed by atoms with E-state index in [4.69, 9.17) is 5.73 Å². The number of nitrogens with zero attached hydrogens (tertiary/aromatic N) is 3. The van der Waals surface area contributed by atoms with Gasteiger partial charge in [0.15, 0.2) is 0 Å². The third-order valence-corrected chi connectivity index (χ3v) is 4.49. The molecule has 1 unspecified atom stereocenters. The second-order valence-corrected chi connectivity index (χ2v) is 5.55. The molecule has 1 saturated carbocycles. The normalized spacial score (nSPS) is 26.2. The van der Waals surface area contributed by atoms with Crippen molar-refractivity contribution in [3.8, 4) is 0 Å². The molecule has 102 valence electrons. The molecular formula is C14H26N4. The highest BCUT2D eigenvalue weighted by atomic mass is 15.3. The molecule has 0 aromatic carbocycles. The van der Waals surface area contributed by atoms with Crippen LogP contribution in [0.2, 0.25) is 0 Å². The van der Waals surface area contributed by atoms with Crippen LogP contribution in [-0.2, 0) is 13.0 Å². The maximum Gasteiger partial charge on any atom is 0.138 e. The zero-order valence-electron chi connectivity index (χ0n) is 11.7. The van der Waals surface area contributed by atoms with Gasteiger partial charge in [0.25, 0.3) is 0 Å². The lowest BCUT2D eigenvalue weighted by Crippen LogP contribution is -2.35. The van der Waals surface area contributed by atoms with E-state index >= 15 is 0 Å². The minimum absolute atomic E-state index is 0.248. The SMILES string of the molecule is CCC1CCC(C(N)Cc2ncnn2CC)CC1. The summed E-state index contributed by atoms with van der Waals surface area (Å²) in [5.41, 5.74) is 6.37. The number of aryl methyl sites for hydroxylation is 1. The highest BCUT2D eigenvalue weighted by Gasteiger charge is 2.25. The first-order chi connectivity index (χ1) is 8.74. The van der Waals surface area contributed by atoms with E-state index < -0.39 is 0 Å². The molecule has 0 radical (unpaired) electrons. The number of rotatable bonds is 5. The van der Waals surface area contributed by atoms with Gasteiger partial charge in [0.2, 0.25) is 0 Å². The largest absolute Gasteiger partial charge is 0.327 e. The molecule has 1 atom stereocenters. The first-order valence-electron chi connectivity index (χ1n) is 7.36. The topological polar surface area (TPSA) is 56.7 Å².